The zero-order valence-corrected chi connectivity index (χ0v) is 10.2. The van der Waals surface area contributed by atoms with E-state index in [2.05, 4.69) is 15.8 Å². The van der Waals surface area contributed by atoms with Gasteiger partial charge in [0.1, 0.15) is 5.82 Å². The number of hydrogen-bond acceptors (Lipinski definition) is 4. The highest BCUT2D eigenvalue weighted by atomic mass is 19.1. The second kappa shape index (κ2) is 5.10. The maximum absolute atomic E-state index is 13.2. The van der Waals surface area contributed by atoms with Crippen LogP contribution in [0.5, 0.6) is 0 Å². The average molecular weight is 238 g/mol. The maximum Gasteiger partial charge on any atom is 0.123 e. The number of hydrazine groups is 1. The van der Waals surface area contributed by atoms with Crippen LogP contribution in [0.4, 0.5) is 4.39 Å². The third kappa shape index (κ3) is 2.81. The van der Waals surface area contributed by atoms with E-state index in [-0.39, 0.29) is 23.9 Å². The molecule has 0 radical (unpaired) electrons. The van der Waals surface area contributed by atoms with Gasteiger partial charge in [-0.25, -0.2) is 9.82 Å². The van der Waals surface area contributed by atoms with Crippen molar-refractivity contribution in [1.29, 1.82) is 0 Å². The van der Waals surface area contributed by atoms with E-state index in [4.69, 9.17) is 5.73 Å². The van der Waals surface area contributed by atoms with Crippen LogP contribution in [0.2, 0.25) is 0 Å². The molecule has 1 fully saturated rings. The molecule has 4 N–H and O–H groups in total. The number of hydrogen-bond donors (Lipinski definition) is 3. The molecule has 1 saturated heterocycles. The lowest BCUT2D eigenvalue weighted by Gasteiger charge is -2.24. The summed E-state index contributed by atoms with van der Waals surface area (Å²) in [6.45, 7) is 0.849. The fraction of sp³-hybridized carbons (Fsp3) is 0.500. The molecule has 1 aromatic carbocycles. The molecule has 3 atom stereocenters. The number of likely N-dealkylation sites (N-methyl/N-ethyl adjacent to an activating group) is 1. The van der Waals surface area contributed by atoms with Gasteiger partial charge in [-0.3, -0.25) is 5.43 Å². The quantitative estimate of drug-likeness (QED) is 0.706. The van der Waals surface area contributed by atoms with E-state index in [0.29, 0.717) is 0 Å². The Labute approximate surface area is 101 Å². The van der Waals surface area contributed by atoms with Gasteiger partial charge in [0.25, 0.3) is 0 Å². The number of nitrogens with one attached hydrogen (secondary N) is 2. The second-order valence-corrected chi connectivity index (χ2v) is 4.76. The Morgan fingerprint density at radius 3 is 2.76 bits per heavy atom. The number of nitrogens with zero attached hydrogens (tertiary/aromatic N) is 1. The zero-order valence-electron chi connectivity index (χ0n) is 10.2. The predicted octanol–water partition coefficient (Wildman–Crippen LogP) is 0.232. The van der Waals surface area contributed by atoms with Crippen LogP contribution in [0.1, 0.15) is 11.5 Å². The number of rotatable bonds is 3. The van der Waals surface area contributed by atoms with Crippen LogP contribution in [0.15, 0.2) is 24.3 Å². The molecule has 1 aromatic rings. The van der Waals surface area contributed by atoms with E-state index in [1.165, 1.54) is 6.07 Å². The van der Waals surface area contributed by atoms with E-state index in [1.54, 1.807) is 12.1 Å². The molecule has 5 heteroatoms. The lowest BCUT2D eigenvalue weighted by Crippen LogP contribution is -2.40. The highest BCUT2D eigenvalue weighted by molar-refractivity contribution is 5.25. The van der Waals surface area contributed by atoms with Crippen LogP contribution in [-0.2, 0) is 0 Å². The van der Waals surface area contributed by atoms with Gasteiger partial charge in [0.15, 0.2) is 0 Å². The van der Waals surface area contributed by atoms with Crippen LogP contribution in [0.3, 0.4) is 0 Å². The Balaban J connectivity index is 2.21. The lowest BCUT2D eigenvalue weighted by atomic mass is 9.90. The number of benzene rings is 1. The summed E-state index contributed by atoms with van der Waals surface area (Å²) in [5, 5.41) is 0. The molecule has 0 aliphatic carbocycles. The average Bonchev–Trinajstić information content (AvgIpc) is 2.59. The zero-order chi connectivity index (χ0) is 12.4. The van der Waals surface area contributed by atoms with Crippen molar-refractivity contribution in [1.82, 2.24) is 15.8 Å². The molecular formula is C12H19FN4. The SMILES string of the molecule is CN(C)CC1NNC(N)C1c1cccc(F)c1. The van der Waals surface area contributed by atoms with Crippen LogP contribution >= 0.6 is 0 Å². The van der Waals surface area contributed by atoms with Gasteiger partial charge in [0, 0.05) is 18.5 Å². The fourth-order valence-electron chi connectivity index (χ4n) is 2.34. The molecule has 0 aromatic heterocycles. The van der Waals surface area contributed by atoms with E-state index in [1.807, 2.05) is 20.2 Å². The molecule has 1 aliphatic rings. The van der Waals surface area contributed by atoms with Gasteiger partial charge in [0.2, 0.25) is 0 Å². The van der Waals surface area contributed by atoms with Crippen molar-refractivity contribution in [3.8, 4) is 0 Å². The molecule has 0 saturated carbocycles. The molecule has 17 heavy (non-hydrogen) atoms. The largest absolute Gasteiger partial charge is 0.314 e. The molecule has 0 spiro atoms. The van der Waals surface area contributed by atoms with Crippen molar-refractivity contribution in [3.63, 3.8) is 0 Å². The van der Waals surface area contributed by atoms with Crippen LogP contribution in [0, 0.1) is 5.82 Å². The second-order valence-electron chi connectivity index (χ2n) is 4.76. The Kier molecular flexibility index (Phi) is 3.73. The summed E-state index contributed by atoms with van der Waals surface area (Å²) in [5.41, 5.74) is 13.1. The molecule has 1 heterocycles. The summed E-state index contributed by atoms with van der Waals surface area (Å²) in [7, 11) is 4.02. The van der Waals surface area contributed by atoms with Gasteiger partial charge in [-0.2, -0.15) is 0 Å². The summed E-state index contributed by atoms with van der Waals surface area (Å²) in [4.78, 5) is 2.09. The lowest BCUT2D eigenvalue weighted by molar-refractivity contribution is 0.337. The van der Waals surface area contributed by atoms with E-state index in [0.717, 1.165) is 12.1 Å². The minimum Gasteiger partial charge on any atom is -0.314 e. The van der Waals surface area contributed by atoms with E-state index in [9.17, 15) is 4.39 Å². The maximum atomic E-state index is 13.2. The van der Waals surface area contributed by atoms with Gasteiger partial charge in [0.05, 0.1) is 6.17 Å². The summed E-state index contributed by atoms with van der Waals surface area (Å²) in [5.74, 6) is -0.140. The summed E-state index contributed by atoms with van der Waals surface area (Å²) in [6, 6.07) is 6.84. The van der Waals surface area contributed by atoms with Crippen molar-refractivity contribution in [3.05, 3.63) is 35.6 Å². The first-order valence-electron chi connectivity index (χ1n) is 5.75. The molecule has 0 bridgehead atoms. The van der Waals surface area contributed by atoms with Crippen molar-refractivity contribution in [2.24, 2.45) is 5.73 Å². The fourth-order valence-corrected chi connectivity index (χ4v) is 2.34. The minimum absolute atomic E-state index is 0.0769. The topological polar surface area (TPSA) is 53.3 Å². The smallest absolute Gasteiger partial charge is 0.123 e. The van der Waals surface area contributed by atoms with Gasteiger partial charge >= 0.3 is 0 Å². The monoisotopic (exact) mass is 238 g/mol. The molecule has 3 unspecified atom stereocenters. The molecule has 4 nitrogen and oxygen atoms in total. The summed E-state index contributed by atoms with van der Waals surface area (Å²) < 4.78 is 13.2. The highest BCUT2D eigenvalue weighted by Crippen LogP contribution is 2.25. The van der Waals surface area contributed by atoms with Gasteiger partial charge in [-0.15, -0.1) is 0 Å². The predicted molar refractivity (Wildman–Crippen MR) is 65.7 cm³/mol. The van der Waals surface area contributed by atoms with Crippen molar-refractivity contribution in [2.45, 2.75) is 18.1 Å². The number of halogens is 1. The minimum atomic E-state index is -0.217. The third-order valence-corrected chi connectivity index (χ3v) is 3.05. The van der Waals surface area contributed by atoms with Crippen molar-refractivity contribution in [2.75, 3.05) is 20.6 Å². The Bertz CT molecular complexity index is 383. The summed E-state index contributed by atoms with van der Waals surface area (Å²) >= 11 is 0. The summed E-state index contributed by atoms with van der Waals surface area (Å²) in [6.07, 6.45) is -0.193. The Morgan fingerprint density at radius 2 is 2.12 bits per heavy atom. The van der Waals surface area contributed by atoms with Gasteiger partial charge in [-0.05, 0) is 31.8 Å². The molecule has 1 aliphatic heterocycles. The molecule has 2 rings (SSSR count). The standard InChI is InChI=1S/C12H19FN4/c1-17(2)7-10-11(12(14)16-15-10)8-4-3-5-9(13)6-8/h3-6,10-12,15-16H,7,14H2,1-2H3. The van der Waals surface area contributed by atoms with Gasteiger partial charge < -0.3 is 10.6 Å². The Morgan fingerprint density at radius 1 is 1.35 bits per heavy atom. The first-order valence-corrected chi connectivity index (χ1v) is 5.75. The van der Waals surface area contributed by atoms with Crippen LogP contribution in [-0.4, -0.2) is 37.7 Å². The highest BCUT2D eigenvalue weighted by Gasteiger charge is 2.34. The van der Waals surface area contributed by atoms with Crippen molar-refractivity contribution < 1.29 is 4.39 Å². The van der Waals surface area contributed by atoms with Crippen molar-refractivity contribution >= 4 is 0 Å². The molecule has 94 valence electrons. The number of nitrogens with two attached hydrogens (primary N) is 1. The third-order valence-electron chi connectivity index (χ3n) is 3.05. The normalized spacial score (nSPS) is 28.9. The Hall–Kier alpha value is -1.01. The van der Waals surface area contributed by atoms with E-state index < -0.39 is 0 Å². The van der Waals surface area contributed by atoms with Gasteiger partial charge in [-0.1, -0.05) is 12.1 Å². The first-order chi connectivity index (χ1) is 8.08. The molecule has 0 amide bonds. The first kappa shape index (κ1) is 12.4. The molecular weight excluding hydrogens is 219 g/mol. The van der Waals surface area contributed by atoms with Crippen LogP contribution in [0.25, 0.3) is 0 Å². The van der Waals surface area contributed by atoms with Crippen LogP contribution < -0.4 is 16.6 Å². The van der Waals surface area contributed by atoms with E-state index >= 15 is 0 Å².